The van der Waals surface area contributed by atoms with E-state index in [1.165, 1.54) is 19.3 Å². The minimum Gasteiger partial charge on any atom is -0.345 e. The molecule has 0 aromatic rings. The molecule has 1 aliphatic rings. The second-order valence-corrected chi connectivity index (χ2v) is 5.61. The van der Waals surface area contributed by atoms with Crippen molar-refractivity contribution < 1.29 is 9.47 Å². The lowest BCUT2D eigenvalue weighted by atomic mass is 9.98. The highest BCUT2D eigenvalue weighted by molar-refractivity contribution is 6.13. The summed E-state index contributed by atoms with van der Waals surface area (Å²) < 4.78 is 11.1. The van der Waals surface area contributed by atoms with E-state index in [-0.39, 0.29) is 0 Å². The van der Waals surface area contributed by atoms with E-state index in [4.69, 9.17) is 9.47 Å². The average molecular weight is 217 g/mol. The van der Waals surface area contributed by atoms with E-state index in [0.29, 0.717) is 12.1 Å². The monoisotopic (exact) mass is 217 g/mol. The first kappa shape index (κ1) is 12.2. The molecule has 1 fully saturated rings. The lowest BCUT2D eigenvalue weighted by Gasteiger charge is -2.48. The van der Waals surface area contributed by atoms with Crippen LogP contribution in [0.3, 0.4) is 0 Å². The molecule has 0 N–H and O–H groups in total. The molecule has 0 saturated carbocycles. The average Bonchev–Trinajstić information content (AvgIpc) is 2.17. The molecule has 2 atom stereocenters. The number of rotatable bonds is 3. The summed E-state index contributed by atoms with van der Waals surface area (Å²) in [5, 5.41) is 0. The fourth-order valence-corrected chi connectivity index (χ4v) is 3.40. The summed E-state index contributed by atoms with van der Waals surface area (Å²) in [6.07, 6.45) is 3.83. The van der Waals surface area contributed by atoms with Crippen LogP contribution in [0.25, 0.3) is 0 Å². The molecule has 1 rings (SSSR count). The van der Waals surface area contributed by atoms with Crippen molar-refractivity contribution in [3.05, 3.63) is 0 Å². The van der Waals surface area contributed by atoms with Crippen molar-refractivity contribution in [2.24, 2.45) is 0 Å². The largest absolute Gasteiger partial charge is 0.345 e. The van der Waals surface area contributed by atoms with Gasteiger partial charge in [0, 0.05) is 26.3 Å². The highest BCUT2D eigenvalue weighted by Crippen LogP contribution is 2.29. The zero-order valence-electron chi connectivity index (χ0n) is 10.0. The number of hydrogen-bond acceptors (Lipinski definition) is 3. The van der Waals surface area contributed by atoms with Crippen molar-refractivity contribution in [2.75, 3.05) is 14.2 Å². The van der Waals surface area contributed by atoms with E-state index < -0.39 is 5.53 Å². The zero-order chi connectivity index (χ0) is 10.8. The SMILES string of the molecule is COC([SiH3])(OC)N1[C@H](C)CCC[C@@H]1C. The molecule has 0 spiro atoms. The molecule has 1 aliphatic heterocycles. The van der Waals surface area contributed by atoms with Gasteiger partial charge in [0.15, 0.2) is 5.53 Å². The van der Waals surface area contributed by atoms with Crippen LogP contribution in [0.2, 0.25) is 0 Å². The first-order valence-corrected chi connectivity index (χ1v) is 6.44. The van der Waals surface area contributed by atoms with E-state index in [1.807, 2.05) is 0 Å². The Hall–Kier alpha value is 0.0969. The summed E-state index contributed by atoms with van der Waals surface area (Å²) in [4.78, 5) is 2.39. The predicted octanol–water partition coefficient (Wildman–Crippen LogP) is 0.519. The minimum absolute atomic E-state index is 0.431. The molecule has 4 heteroatoms. The molecule has 0 radical (unpaired) electrons. The zero-order valence-corrected chi connectivity index (χ0v) is 12.0. The van der Waals surface area contributed by atoms with E-state index in [9.17, 15) is 0 Å². The van der Waals surface area contributed by atoms with Crippen molar-refractivity contribution in [1.29, 1.82) is 0 Å². The normalized spacial score (nSPS) is 30.9. The van der Waals surface area contributed by atoms with E-state index in [1.54, 1.807) is 14.2 Å². The quantitative estimate of drug-likeness (QED) is 0.508. The van der Waals surface area contributed by atoms with Crippen molar-refractivity contribution >= 4 is 10.2 Å². The summed E-state index contributed by atoms with van der Waals surface area (Å²) in [6.45, 7) is 4.53. The van der Waals surface area contributed by atoms with Crippen molar-refractivity contribution in [2.45, 2.75) is 50.7 Å². The predicted molar refractivity (Wildman–Crippen MR) is 61.3 cm³/mol. The van der Waals surface area contributed by atoms with Gasteiger partial charge in [0.2, 0.25) is 0 Å². The van der Waals surface area contributed by atoms with Gasteiger partial charge in [-0.25, -0.2) is 0 Å². The van der Waals surface area contributed by atoms with Crippen LogP contribution >= 0.6 is 0 Å². The minimum atomic E-state index is -0.431. The summed E-state index contributed by atoms with van der Waals surface area (Å²) in [6, 6.07) is 1.13. The number of piperidine rings is 1. The van der Waals surface area contributed by atoms with Gasteiger partial charge in [0.25, 0.3) is 0 Å². The third-order valence-electron chi connectivity index (χ3n) is 3.42. The summed E-state index contributed by atoms with van der Waals surface area (Å²) >= 11 is 0. The summed E-state index contributed by atoms with van der Waals surface area (Å²) in [7, 11) is 4.35. The Bertz CT molecular complexity index is 175. The van der Waals surface area contributed by atoms with Crippen LogP contribution in [0.15, 0.2) is 0 Å². The Morgan fingerprint density at radius 3 is 1.93 bits per heavy atom. The van der Waals surface area contributed by atoms with Gasteiger partial charge in [-0.3, -0.25) is 4.90 Å². The standard InChI is InChI=1S/C10H23NO2Si/c1-8-6-5-7-9(2)11(8)10(14,12-3)13-4/h8-9H,5-7H2,1-4,14H3/t8-,9+. The topological polar surface area (TPSA) is 21.7 Å². The highest BCUT2D eigenvalue weighted by Gasteiger charge is 2.39. The van der Waals surface area contributed by atoms with Crippen LogP contribution in [-0.2, 0) is 9.47 Å². The molecule has 1 heterocycles. The second kappa shape index (κ2) is 4.75. The lowest BCUT2D eigenvalue weighted by Crippen LogP contribution is -2.60. The highest BCUT2D eigenvalue weighted by atomic mass is 28.1. The molecule has 3 nitrogen and oxygen atoms in total. The summed E-state index contributed by atoms with van der Waals surface area (Å²) in [5.41, 5.74) is -0.431. The van der Waals surface area contributed by atoms with Crippen molar-refractivity contribution in [3.63, 3.8) is 0 Å². The molecule has 1 saturated heterocycles. The Labute approximate surface area is 90.2 Å². The van der Waals surface area contributed by atoms with Crippen LogP contribution in [0, 0.1) is 0 Å². The van der Waals surface area contributed by atoms with Gasteiger partial charge in [-0.05, 0) is 26.7 Å². The van der Waals surface area contributed by atoms with E-state index in [2.05, 4.69) is 18.7 Å². The number of likely N-dealkylation sites (tertiary alicyclic amines) is 1. The molecule has 0 amide bonds. The first-order valence-electron chi connectivity index (χ1n) is 5.44. The van der Waals surface area contributed by atoms with Gasteiger partial charge in [-0.15, -0.1) is 0 Å². The molecule has 0 unspecified atom stereocenters. The molecular weight excluding hydrogens is 194 g/mol. The Morgan fingerprint density at radius 1 is 1.14 bits per heavy atom. The fraction of sp³-hybridized carbons (Fsp3) is 1.00. The van der Waals surface area contributed by atoms with Gasteiger partial charge < -0.3 is 9.47 Å². The molecule has 84 valence electrons. The lowest BCUT2D eigenvalue weighted by molar-refractivity contribution is -0.261. The molecular formula is C10H23NO2Si. The van der Waals surface area contributed by atoms with Gasteiger partial charge in [-0.1, -0.05) is 6.42 Å². The Balaban J connectivity index is 2.80. The van der Waals surface area contributed by atoms with Crippen LogP contribution in [-0.4, -0.2) is 47.0 Å². The number of hydrogen-bond donors (Lipinski definition) is 0. The van der Waals surface area contributed by atoms with Gasteiger partial charge in [0.05, 0.1) is 10.2 Å². The third-order valence-corrected chi connectivity index (χ3v) is 4.75. The van der Waals surface area contributed by atoms with Gasteiger partial charge >= 0.3 is 0 Å². The van der Waals surface area contributed by atoms with Crippen LogP contribution in [0.4, 0.5) is 0 Å². The smallest absolute Gasteiger partial charge is 0.196 e. The maximum Gasteiger partial charge on any atom is 0.196 e. The molecule has 14 heavy (non-hydrogen) atoms. The fourth-order valence-electron chi connectivity index (χ4n) is 2.52. The van der Waals surface area contributed by atoms with Crippen molar-refractivity contribution in [1.82, 2.24) is 4.90 Å². The van der Waals surface area contributed by atoms with Crippen LogP contribution < -0.4 is 0 Å². The molecule has 0 aromatic heterocycles. The summed E-state index contributed by atoms with van der Waals surface area (Å²) in [5.74, 6) is 0. The van der Waals surface area contributed by atoms with E-state index >= 15 is 0 Å². The number of ether oxygens (including phenoxy) is 2. The third kappa shape index (κ3) is 2.19. The van der Waals surface area contributed by atoms with E-state index in [0.717, 1.165) is 10.2 Å². The second-order valence-electron chi connectivity index (χ2n) is 4.34. The maximum atomic E-state index is 5.53. The first-order chi connectivity index (χ1) is 6.55. The Morgan fingerprint density at radius 2 is 1.57 bits per heavy atom. The van der Waals surface area contributed by atoms with Gasteiger partial charge in [-0.2, -0.15) is 0 Å². The van der Waals surface area contributed by atoms with Crippen LogP contribution in [0.1, 0.15) is 33.1 Å². The molecule has 0 aliphatic carbocycles. The Kier molecular flexibility index (Phi) is 4.12. The van der Waals surface area contributed by atoms with Gasteiger partial charge in [0.1, 0.15) is 0 Å². The molecule has 0 bridgehead atoms. The molecule has 0 aromatic carbocycles. The maximum absolute atomic E-state index is 5.53. The number of nitrogens with zero attached hydrogens (tertiary/aromatic N) is 1. The van der Waals surface area contributed by atoms with Crippen molar-refractivity contribution in [3.8, 4) is 0 Å². The number of methoxy groups -OCH3 is 2. The van der Waals surface area contributed by atoms with Crippen LogP contribution in [0.5, 0.6) is 0 Å².